The first-order chi connectivity index (χ1) is 13.7. The van der Waals surface area contributed by atoms with Gasteiger partial charge in [0, 0.05) is 17.4 Å². The van der Waals surface area contributed by atoms with Crippen molar-refractivity contribution in [2.24, 2.45) is 5.11 Å². The highest BCUT2D eigenvalue weighted by Gasteiger charge is 2.95. The van der Waals surface area contributed by atoms with Crippen molar-refractivity contribution >= 4 is 0 Å². The molecule has 0 radical (unpaired) electrons. The van der Waals surface area contributed by atoms with E-state index in [1.54, 1.807) is 0 Å². The van der Waals surface area contributed by atoms with E-state index in [0.29, 0.717) is 0 Å². The van der Waals surface area contributed by atoms with Crippen LogP contribution in [0.2, 0.25) is 0 Å². The van der Waals surface area contributed by atoms with Gasteiger partial charge in [-0.2, -0.15) is 74.6 Å². The van der Waals surface area contributed by atoms with E-state index in [1.807, 2.05) is 4.91 Å². The molecule has 190 valence electrons. The molecule has 0 aliphatic rings. The molecule has 1 unspecified atom stereocenters. The fourth-order valence-electron chi connectivity index (χ4n) is 1.96. The van der Waals surface area contributed by atoms with E-state index in [-0.39, 0.29) is 0 Å². The van der Waals surface area contributed by atoms with Crippen LogP contribution in [0.4, 0.5) is 74.6 Å². The molecule has 0 fully saturated rings. The molecular weight excluding hydrogens is 509 g/mol. The fraction of sp³-hybridized carbons (Fsp3) is 1.00. The summed E-state index contributed by atoms with van der Waals surface area (Å²) in [5.41, 5.74) is 8.01. The molecule has 0 saturated heterocycles. The second-order valence-electron chi connectivity index (χ2n) is 6.12. The Morgan fingerprint density at radius 1 is 0.594 bits per heavy atom. The van der Waals surface area contributed by atoms with Crippen molar-refractivity contribution in [3.05, 3.63) is 10.4 Å². The minimum Gasteiger partial charge on any atom is -0.200 e. The smallest absolute Gasteiger partial charge is 0.200 e. The van der Waals surface area contributed by atoms with E-state index >= 15 is 0 Å². The SMILES string of the molecule is CCC(CC(F)(F)C(F)(F)C(F)(F)C(F)(F)C(F)(F)C(F)(F)C(F)(F)C(F)(F)F)N=[N+]=[N-]. The van der Waals surface area contributed by atoms with Crippen LogP contribution in [0.25, 0.3) is 10.4 Å². The van der Waals surface area contributed by atoms with Crippen molar-refractivity contribution in [1.29, 1.82) is 0 Å². The number of halogens is 17. The summed E-state index contributed by atoms with van der Waals surface area (Å²) in [6.45, 7) is 0.800. The lowest BCUT2D eigenvalue weighted by Crippen LogP contribution is -2.74. The highest BCUT2D eigenvalue weighted by molar-refractivity contribution is 5.15. The molecule has 0 N–H and O–H groups in total. The van der Waals surface area contributed by atoms with Crippen molar-refractivity contribution in [1.82, 2.24) is 0 Å². The molecule has 0 aromatic rings. The summed E-state index contributed by atoms with van der Waals surface area (Å²) in [5.74, 6) is -56.6. The maximum Gasteiger partial charge on any atom is 0.460 e. The Labute approximate surface area is 165 Å². The molecule has 3 nitrogen and oxygen atoms in total. The zero-order valence-electron chi connectivity index (χ0n) is 14.8. The summed E-state index contributed by atoms with van der Waals surface area (Å²) < 4.78 is 222. The second kappa shape index (κ2) is 8.16. The van der Waals surface area contributed by atoms with Crippen LogP contribution in [0.15, 0.2) is 5.11 Å². The van der Waals surface area contributed by atoms with Gasteiger partial charge in [-0.05, 0) is 12.0 Å². The lowest BCUT2D eigenvalue weighted by atomic mass is 9.87. The molecule has 0 aromatic heterocycles. The van der Waals surface area contributed by atoms with E-state index in [1.165, 1.54) is 0 Å². The van der Waals surface area contributed by atoms with Gasteiger partial charge in [0.15, 0.2) is 0 Å². The standard InChI is InChI=1S/C12H8F17N3/c1-2-4(31-32-30)3-5(13,14)6(15,16)7(17,18)8(19,20)9(21,22)10(23,24)11(25,26)12(27,28)29/h4H,2-3H2,1H3. The van der Waals surface area contributed by atoms with E-state index in [9.17, 15) is 74.6 Å². The van der Waals surface area contributed by atoms with Crippen LogP contribution in [0.3, 0.4) is 0 Å². The van der Waals surface area contributed by atoms with Gasteiger partial charge in [0.25, 0.3) is 0 Å². The van der Waals surface area contributed by atoms with Gasteiger partial charge in [0.1, 0.15) is 0 Å². The number of rotatable bonds is 10. The lowest BCUT2D eigenvalue weighted by Gasteiger charge is -2.43. The van der Waals surface area contributed by atoms with Crippen LogP contribution in [0.1, 0.15) is 19.8 Å². The first kappa shape index (κ1) is 30.1. The van der Waals surface area contributed by atoms with E-state index in [4.69, 9.17) is 5.53 Å². The Morgan fingerprint density at radius 3 is 1.19 bits per heavy atom. The Balaban J connectivity index is 6.68. The van der Waals surface area contributed by atoms with Crippen molar-refractivity contribution in [3.8, 4) is 0 Å². The average Bonchev–Trinajstić information content (AvgIpc) is 2.58. The van der Waals surface area contributed by atoms with Gasteiger partial charge < -0.3 is 0 Å². The van der Waals surface area contributed by atoms with Gasteiger partial charge >= 0.3 is 47.6 Å². The molecule has 0 aromatic carbocycles. The van der Waals surface area contributed by atoms with Crippen LogP contribution in [0.5, 0.6) is 0 Å². The van der Waals surface area contributed by atoms with Crippen molar-refractivity contribution in [2.75, 3.05) is 0 Å². The van der Waals surface area contributed by atoms with Crippen molar-refractivity contribution < 1.29 is 74.6 Å². The Morgan fingerprint density at radius 2 is 0.906 bits per heavy atom. The van der Waals surface area contributed by atoms with Gasteiger partial charge in [0.2, 0.25) is 0 Å². The zero-order valence-corrected chi connectivity index (χ0v) is 14.8. The molecule has 0 saturated carbocycles. The molecule has 1 atom stereocenters. The van der Waals surface area contributed by atoms with Gasteiger partial charge in [0.05, 0.1) is 0 Å². The summed E-state index contributed by atoms with van der Waals surface area (Å²) in [7, 11) is 0. The molecule has 0 spiro atoms. The minimum atomic E-state index is -8.66. The van der Waals surface area contributed by atoms with Gasteiger partial charge in [-0.25, -0.2) is 0 Å². The monoisotopic (exact) mass is 517 g/mol. The number of hydrogen-bond acceptors (Lipinski definition) is 1. The van der Waals surface area contributed by atoms with E-state index < -0.39 is 66.5 Å². The first-order valence-electron chi connectivity index (χ1n) is 7.50. The van der Waals surface area contributed by atoms with Crippen molar-refractivity contribution in [3.63, 3.8) is 0 Å². The molecule has 0 aliphatic carbocycles. The molecular formula is C12H8F17N3. The number of hydrogen-bond donors (Lipinski definition) is 0. The third-order valence-electron chi connectivity index (χ3n) is 3.97. The van der Waals surface area contributed by atoms with Gasteiger partial charge in [-0.15, -0.1) is 0 Å². The average molecular weight is 517 g/mol. The Kier molecular flexibility index (Phi) is 7.68. The molecule has 0 aliphatic heterocycles. The minimum absolute atomic E-state index is 0.800. The largest absolute Gasteiger partial charge is 0.460 e. The lowest BCUT2D eigenvalue weighted by molar-refractivity contribution is -0.461. The summed E-state index contributed by atoms with van der Waals surface area (Å²) >= 11 is 0. The second-order valence-corrected chi connectivity index (χ2v) is 6.12. The Bertz CT molecular complexity index is 719. The van der Waals surface area contributed by atoms with Crippen LogP contribution in [0, 0.1) is 0 Å². The summed E-state index contributed by atoms with van der Waals surface area (Å²) in [6, 6.07) is -2.37. The number of alkyl halides is 17. The quantitative estimate of drug-likeness (QED) is 0.125. The molecule has 0 bridgehead atoms. The predicted molar refractivity (Wildman–Crippen MR) is 68.5 cm³/mol. The highest BCUT2D eigenvalue weighted by atomic mass is 19.4. The third-order valence-corrected chi connectivity index (χ3v) is 3.97. The van der Waals surface area contributed by atoms with Crippen LogP contribution < -0.4 is 0 Å². The predicted octanol–water partition coefficient (Wildman–Crippen LogP) is 7.47. The first-order valence-corrected chi connectivity index (χ1v) is 7.50. The molecule has 0 rings (SSSR count). The normalized spacial score (nSPS) is 16.6. The zero-order chi connectivity index (χ0) is 26.4. The van der Waals surface area contributed by atoms with Gasteiger partial charge in [-0.3, -0.25) is 0 Å². The summed E-state index contributed by atoms with van der Waals surface area (Å²) in [5, 5.41) is 2.38. The topological polar surface area (TPSA) is 48.8 Å². The Hall–Kier alpha value is -1.88. The number of nitrogens with zero attached hydrogens (tertiary/aromatic N) is 3. The summed E-state index contributed by atoms with van der Waals surface area (Å²) in [6.07, 6.45) is -11.4. The number of azide groups is 1. The molecule has 20 heteroatoms. The molecule has 0 heterocycles. The van der Waals surface area contributed by atoms with Crippen molar-refractivity contribution in [2.45, 2.75) is 73.4 Å². The van der Waals surface area contributed by atoms with Crippen LogP contribution in [-0.2, 0) is 0 Å². The molecule has 32 heavy (non-hydrogen) atoms. The fourth-order valence-corrected chi connectivity index (χ4v) is 1.96. The third kappa shape index (κ3) is 4.09. The maximum absolute atomic E-state index is 13.6. The summed E-state index contributed by atoms with van der Waals surface area (Å²) in [4.78, 5) is 1.81. The van der Waals surface area contributed by atoms with Gasteiger partial charge in [-0.1, -0.05) is 12.0 Å². The van der Waals surface area contributed by atoms with Crippen LogP contribution >= 0.6 is 0 Å². The van der Waals surface area contributed by atoms with Crippen LogP contribution in [-0.4, -0.2) is 53.7 Å². The maximum atomic E-state index is 13.6. The highest BCUT2D eigenvalue weighted by Crippen LogP contribution is 2.64. The van der Waals surface area contributed by atoms with E-state index in [0.717, 1.165) is 6.92 Å². The molecule has 0 amide bonds. The van der Waals surface area contributed by atoms with E-state index in [2.05, 4.69) is 5.11 Å².